The van der Waals surface area contributed by atoms with Gasteiger partial charge in [-0.2, -0.15) is 0 Å². The summed E-state index contributed by atoms with van der Waals surface area (Å²) in [5.41, 5.74) is 30.6. The van der Waals surface area contributed by atoms with Crippen LogP contribution in [0.5, 0.6) is 0 Å². The Morgan fingerprint density at radius 2 is 0.667 bits per heavy atom. The molecule has 0 radical (unpaired) electrons. The number of nitrogens with zero attached hydrogens (tertiary/aromatic N) is 4. The summed E-state index contributed by atoms with van der Waals surface area (Å²) >= 11 is 0. The lowest BCUT2D eigenvalue weighted by molar-refractivity contribution is 0.617. The maximum absolute atomic E-state index is 6.85. The minimum Gasteiger partial charge on any atom is -0.456 e. The van der Waals surface area contributed by atoms with Gasteiger partial charge in [0.1, 0.15) is 33.4 Å². The van der Waals surface area contributed by atoms with Crippen LogP contribution in [-0.2, 0) is 10.8 Å². The van der Waals surface area contributed by atoms with E-state index in [0.29, 0.717) is 22.9 Å². The molecule has 108 heavy (non-hydrogen) atoms. The number of fused-ring (bicyclic) bond motifs is 16. The predicted octanol–water partition coefficient (Wildman–Crippen LogP) is 28.0. The molecule has 0 spiro atoms. The van der Waals surface area contributed by atoms with Crippen LogP contribution in [-0.4, -0.2) is 9.97 Å². The third-order valence-electron chi connectivity index (χ3n) is 23.1. The molecule has 4 heterocycles. The number of oxazole rings is 2. The van der Waals surface area contributed by atoms with Crippen molar-refractivity contribution in [2.45, 2.75) is 38.5 Å². The van der Waals surface area contributed by atoms with Crippen LogP contribution < -0.4 is 9.80 Å². The molecule has 22 rings (SSSR count). The number of hydrogen-bond donors (Lipinski definition) is 0. The Hall–Kier alpha value is -13.8. The standard InChI is InChI=1S/C100H66N4O4/c1-99(2)84-26-13-10-24-76(84)78-43-39-71(51-86(78)99)103(70-22-16-21-65(50-70)67-37-31-59-17-8-9-20-64(59)47-67)73-41-45-81-83-56-95-89(57-93(83)105-91(81)53-73)102-98(107-95)63-34-29-60(30-35-63)66-36-32-61-33-38-68(49-69(61)48-66)75-23-12-15-28-90(75)104(72-40-44-79-77-25-11-14-27-85(77)100(3,4)87(79)52-72)74-42-46-80-82-55-88-96(58-94(82)106-92(80)54-74)108-97(101-88)62-18-6-5-7-19-62/h5-58H,1-4H3. The largest absolute Gasteiger partial charge is 0.456 e. The summed E-state index contributed by atoms with van der Waals surface area (Å²) in [6.07, 6.45) is 0. The van der Waals surface area contributed by atoms with Gasteiger partial charge in [-0.3, -0.25) is 0 Å². The zero-order chi connectivity index (χ0) is 71.7. The summed E-state index contributed by atoms with van der Waals surface area (Å²) in [6, 6.07) is 118. The number of hydrogen-bond acceptors (Lipinski definition) is 8. The summed E-state index contributed by atoms with van der Waals surface area (Å²) in [5, 5.41) is 8.68. The first kappa shape index (κ1) is 61.6. The van der Waals surface area contributed by atoms with E-state index in [1.54, 1.807) is 0 Å². The van der Waals surface area contributed by atoms with E-state index in [2.05, 4.69) is 323 Å². The van der Waals surface area contributed by atoms with Gasteiger partial charge in [0.2, 0.25) is 11.8 Å². The van der Waals surface area contributed by atoms with Crippen LogP contribution in [0.4, 0.5) is 34.1 Å². The highest BCUT2D eigenvalue weighted by Crippen LogP contribution is 2.54. The number of rotatable bonds is 11. The number of benzene rings is 16. The molecule has 0 N–H and O–H groups in total. The number of aromatic nitrogens is 2. The van der Waals surface area contributed by atoms with Crippen molar-refractivity contribution >= 4 is 122 Å². The van der Waals surface area contributed by atoms with Crippen molar-refractivity contribution in [1.82, 2.24) is 9.97 Å². The maximum atomic E-state index is 6.85. The Balaban J connectivity index is 0.577. The van der Waals surface area contributed by atoms with Crippen molar-refractivity contribution in [2.75, 3.05) is 9.80 Å². The quantitative estimate of drug-likeness (QED) is 0.127. The van der Waals surface area contributed by atoms with E-state index in [4.69, 9.17) is 27.6 Å². The molecule has 0 fully saturated rings. The van der Waals surface area contributed by atoms with Gasteiger partial charge in [-0.15, -0.1) is 0 Å². The van der Waals surface area contributed by atoms with Crippen LogP contribution in [0.3, 0.4) is 0 Å². The smallest absolute Gasteiger partial charge is 0.227 e. The minimum absolute atomic E-state index is 0.176. The van der Waals surface area contributed by atoms with Crippen molar-refractivity contribution in [2.24, 2.45) is 0 Å². The van der Waals surface area contributed by atoms with E-state index in [0.717, 1.165) is 139 Å². The third-order valence-corrected chi connectivity index (χ3v) is 23.1. The van der Waals surface area contributed by atoms with Crippen molar-refractivity contribution in [3.63, 3.8) is 0 Å². The molecule has 0 saturated carbocycles. The summed E-state index contributed by atoms with van der Waals surface area (Å²) in [5.74, 6) is 1.13. The van der Waals surface area contributed by atoms with Crippen LogP contribution >= 0.6 is 0 Å². The van der Waals surface area contributed by atoms with E-state index >= 15 is 0 Å². The lowest BCUT2D eigenvalue weighted by Gasteiger charge is -2.30. The van der Waals surface area contributed by atoms with Gasteiger partial charge in [-0.05, 0) is 215 Å². The van der Waals surface area contributed by atoms with Crippen LogP contribution in [0.1, 0.15) is 49.9 Å². The highest BCUT2D eigenvalue weighted by molar-refractivity contribution is 6.12. The molecule has 0 bridgehead atoms. The molecule has 8 heteroatoms. The van der Waals surface area contributed by atoms with Crippen molar-refractivity contribution in [3.8, 4) is 78.5 Å². The fraction of sp³-hybridized carbons (Fsp3) is 0.0600. The molecule has 2 aliphatic rings. The van der Waals surface area contributed by atoms with Gasteiger partial charge >= 0.3 is 0 Å². The summed E-state index contributed by atoms with van der Waals surface area (Å²) in [6.45, 7) is 9.36. The molecule has 0 amide bonds. The first-order valence-corrected chi connectivity index (χ1v) is 37.0. The van der Waals surface area contributed by atoms with Crippen LogP contribution in [0.2, 0.25) is 0 Å². The first-order valence-electron chi connectivity index (χ1n) is 37.0. The molecule has 8 nitrogen and oxygen atoms in total. The average Bonchev–Trinajstić information content (AvgIpc) is 1.44. The normalized spacial score (nSPS) is 13.3. The molecule has 510 valence electrons. The van der Waals surface area contributed by atoms with E-state index < -0.39 is 0 Å². The monoisotopic (exact) mass is 1390 g/mol. The average molecular weight is 1390 g/mol. The van der Waals surface area contributed by atoms with Crippen LogP contribution in [0.15, 0.2) is 345 Å². The topological polar surface area (TPSA) is 84.8 Å². The second-order valence-electron chi connectivity index (χ2n) is 30.1. The number of furan rings is 2. The number of para-hydroxylation sites is 1. The van der Waals surface area contributed by atoms with Crippen molar-refractivity contribution < 1.29 is 17.7 Å². The summed E-state index contributed by atoms with van der Waals surface area (Å²) in [7, 11) is 0. The predicted molar refractivity (Wildman–Crippen MR) is 443 cm³/mol. The Labute approximate surface area is 622 Å². The van der Waals surface area contributed by atoms with Gasteiger partial charge in [0.25, 0.3) is 0 Å². The molecule has 2 aliphatic carbocycles. The second kappa shape index (κ2) is 23.3. The lowest BCUT2D eigenvalue weighted by Crippen LogP contribution is -2.16. The number of anilines is 6. The van der Waals surface area contributed by atoms with Gasteiger partial charge in [0.15, 0.2) is 11.2 Å². The summed E-state index contributed by atoms with van der Waals surface area (Å²) in [4.78, 5) is 14.8. The molecule has 0 unspecified atom stereocenters. The highest BCUT2D eigenvalue weighted by atomic mass is 16.4. The molecule has 4 aromatic heterocycles. The van der Waals surface area contributed by atoms with Crippen molar-refractivity contribution in [3.05, 3.63) is 350 Å². The molecule has 20 aromatic rings. The molecule has 16 aromatic carbocycles. The van der Waals surface area contributed by atoms with Crippen LogP contribution in [0.25, 0.3) is 166 Å². The summed E-state index contributed by atoms with van der Waals surface area (Å²) < 4.78 is 26.6. The lowest BCUT2D eigenvalue weighted by atomic mass is 9.82. The molecule has 0 aliphatic heterocycles. The van der Waals surface area contributed by atoms with Crippen molar-refractivity contribution in [1.29, 1.82) is 0 Å². The van der Waals surface area contributed by atoms with E-state index in [1.807, 2.05) is 42.5 Å². The van der Waals surface area contributed by atoms with Gasteiger partial charge in [-0.25, -0.2) is 9.97 Å². The van der Waals surface area contributed by atoms with E-state index in [1.165, 1.54) is 60.8 Å². The Morgan fingerprint density at radius 1 is 0.231 bits per heavy atom. The fourth-order valence-corrected chi connectivity index (χ4v) is 17.5. The second-order valence-corrected chi connectivity index (χ2v) is 30.1. The zero-order valence-corrected chi connectivity index (χ0v) is 59.6. The Bertz CT molecular complexity index is 7150. The Kier molecular flexibility index (Phi) is 13.3. The van der Waals surface area contributed by atoms with Gasteiger partial charge in [0.05, 0.1) is 5.69 Å². The van der Waals surface area contributed by atoms with E-state index in [9.17, 15) is 0 Å². The van der Waals surface area contributed by atoms with Gasteiger partial charge < -0.3 is 27.5 Å². The van der Waals surface area contributed by atoms with Crippen LogP contribution in [0, 0.1) is 0 Å². The van der Waals surface area contributed by atoms with E-state index in [-0.39, 0.29) is 10.8 Å². The molecular weight excluding hydrogens is 1320 g/mol. The molecule has 0 atom stereocenters. The fourth-order valence-electron chi connectivity index (χ4n) is 17.5. The van der Waals surface area contributed by atoms with Gasteiger partial charge in [-0.1, -0.05) is 210 Å². The minimum atomic E-state index is -0.210. The van der Waals surface area contributed by atoms with Gasteiger partial charge in [0, 0.05) is 102 Å². The zero-order valence-electron chi connectivity index (χ0n) is 59.6. The third kappa shape index (κ3) is 9.69. The highest BCUT2D eigenvalue weighted by Gasteiger charge is 2.38. The maximum Gasteiger partial charge on any atom is 0.227 e. The first-order chi connectivity index (χ1) is 52.9. The SMILES string of the molecule is CC1(C)c2ccccc2-c2ccc(N(c3cccc(-c4ccc5ccccc5c4)c3)c3ccc4c(c3)oc3cc5nc(-c6ccc(-c7ccc8ccc(-c9ccccc9N(c9ccc%10c(c9)C(C)(C)c9ccccc9-%10)c9ccc%10c(c9)oc9cc%11oc(-c%12ccccc%12)nc%11cc9%10)cc8c7)cc6)oc5cc34)cc21. The molecule has 0 saturated heterocycles. The Morgan fingerprint density at radius 3 is 1.35 bits per heavy atom. The molecular formula is C100H66N4O4.